The molecule has 1 aromatic carbocycles. The van der Waals surface area contributed by atoms with Crippen LogP contribution in [-0.4, -0.2) is 56.8 Å². The van der Waals surface area contributed by atoms with Gasteiger partial charge in [0, 0.05) is 30.5 Å². The topological polar surface area (TPSA) is 84.4 Å². The summed E-state index contributed by atoms with van der Waals surface area (Å²) in [4.78, 5) is 27.1. The maximum absolute atomic E-state index is 13.5. The van der Waals surface area contributed by atoms with Gasteiger partial charge in [-0.1, -0.05) is 6.07 Å². The molecule has 0 saturated carbocycles. The van der Waals surface area contributed by atoms with E-state index in [0.29, 0.717) is 36.6 Å². The third kappa shape index (κ3) is 3.03. The lowest BCUT2D eigenvalue weighted by Crippen LogP contribution is -2.42. The lowest BCUT2D eigenvalue weighted by Gasteiger charge is -2.29. The fraction of sp³-hybridized carbons (Fsp3) is 0.500. The second-order valence-electron chi connectivity index (χ2n) is 8.13. The third-order valence-electron chi connectivity index (χ3n) is 6.51. The van der Waals surface area contributed by atoms with Crippen LogP contribution >= 0.6 is 11.7 Å². The van der Waals surface area contributed by atoms with Crippen molar-refractivity contribution in [1.82, 2.24) is 19.0 Å². The molecule has 9 heteroatoms. The van der Waals surface area contributed by atoms with Gasteiger partial charge in [0.25, 0.3) is 11.8 Å². The number of hydrogen-bond donors (Lipinski definition) is 1. The van der Waals surface area contributed by atoms with Crippen molar-refractivity contribution in [2.75, 3.05) is 19.6 Å². The Morgan fingerprint density at radius 3 is 3.03 bits per heavy atom. The smallest absolute Gasteiger partial charge is 0.272 e. The molecule has 152 valence electrons. The molecule has 0 radical (unpaired) electrons. The van der Waals surface area contributed by atoms with Gasteiger partial charge in [-0.15, -0.1) is 0 Å². The Balaban J connectivity index is 1.29. The lowest BCUT2D eigenvalue weighted by atomic mass is 9.73. The van der Waals surface area contributed by atoms with Crippen LogP contribution in [-0.2, 0) is 4.74 Å². The van der Waals surface area contributed by atoms with E-state index in [1.165, 1.54) is 12.1 Å². The second kappa shape index (κ2) is 6.84. The number of aryl methyl sites for hydroxylation is 1. The Hall–Kier alpha value is -2.39. The number of ether oxygens (including phenoxy) is 1. The molecule has 2 amide bonds. The normalized spacial score (nSPS) is 29.9. The highest BCUT2D eigenvalue weighted by molar-refractivity contribution is 6.99. The quantitative estimate of drug-likeness (QED) is 0.825. The standard InChI is InChI=1S/C20H21FN4O3S/c1-11-17(24-29-23-11)18(26)22-8-14-15-9-25(10-20(15)6-5-16(14)28-20)19(27)12-3-2-4-13(21)7-12/h2-4,7,14-16H,5-6,8-10H2,1H3,(H,22,26)/t14-,15+,16+,20+/m0/s1. The van der Waals surface area contributed by atoms with E-state index in [1.807, 2.05) is 0 Å². The zero-order valence-electron chi connectivity index (χ0n) is 15.9. The summed E-state index contributed by atoms with van der Waals surface area (Å²) in [5.41, 5.74) is 0.998. The van der Waals surface area contributed by atoms with Crippen LogP contribution in [0.1, 0.15) is 39.4 Å². The molecule has 2 bridgehead atoms. The van der Waals surface area contributed by atoms with Crippen LogP contribution in [0.2, 0.25) is 0 Å². The summed E-state index contributed by atoms with van der Waals surface area (Å²) < 4.78 is 28.0. The van der Waals surface area contributed by atoms with Gasteiger partial charge in [0.1, 0.15) is 5.82 Å². The number of hydrogen-bond acceptors (Lipinski definition) is 6. The van der Waals surface area contributed by atoms with Crippen molar-refractivity contribution < 1.29 is 18.7 Å². The summed E-state index contributed by atoms with van der Waals surface area (Å²) in [6.07, 6.45) is 1.94. The van der Waals surface area contributed by atoms with Crippen LogP contribution in [0.3, 0.4) is 0 Å². The average molecular weight is 416 g/mol. The molecule has 0 aliphatic carbocycles. The number of nitrogens with one attached hydrogen (secondary N) is 1. The summed E-state index contributed by atoms with van der Waals surface area (Å²) >= 11 is 1.03. The van der Waals surface area contributed by atoms with Crippen LogP contribution in [0.4, 0.5) is 4.39 Å². The van der Waals surface area contributed by atoms with Gasteiger partial charge >= 0.3 is 0 Å². The first-order valence-electron chi connectivity index (χ1n) is 9.77. The molecular weight excluding hydrogens is 395 g/mol. The Bertz CT molecular complexity index is 982. The van der Waals surface area contributed by atoms with E-state index in [0.717, 1.165) is 24.6 Å². The molecule has 3 fully saturated rings. The number of likely N-dealkylation sites (tertiary alicyclic amines) is 1. The average Bonchev–Trinajstić information content (AvgIpc) is 3.45. The molecule has 3 aliphatic rings. The van der Waals surface area contributed by atoms with E-state index < -0.39 is 5.82 Å². The maximum atomic E-state index is 13.5. The van der Waals surface area contributed by atoms with Crippen molar-refractivity contribution in [2.45, 2.75) is 31.5 Å². The molecule has 4 atom stereocenters. The highest BCUT2D eigenvalue weighted by Gasteiger charge is 2.63. The number of fused-ring (bicyclic) bond motifs is 1. The monoisotopic (exact) mass is 416 g/mol. The Morgan fingerprint density at radius 1 is 1.41 bits per heavy atom. The van der Waals surface area contributed by atoms with Gasteiger partial charge in [0.05, 0.1) is 35.7 Å². The fourth-order valence-electron chi connectivity index (χ4n) is 5.15. The molecule has 7 nitrogen and oxygen atoms in total. The molecule has 29 heavy (non-hydrogen) atoms. The van der Waals surface area contributed by atoms with Gasteiger partial charge in [-0.2, -0.15) is 8.75 Å². The molecule has 4 heterocycles. The minimum absolute atomic E-state index is 0.0985. The van der Waals surface area contributed by atoms with Crippen LogP contribution in [0.15, 0.2) is 24.3 Å². The molecule has 2 aromatic rings. The first kappa shape index (κ1) is 18.6. The molecule has 1 spiro atoms. The van der Waals surface area contributed by atoms with Crippen LogP contribution in [0, 0.1) is 24.6 Å². The number of benzene rings is 1. The van der Waals surface area contributed by atoms with E-state index in [9.17, 15) is 14.0 Å². The number of carbonyl (C=O) groups is 2. The van der Waals surface area contributed by atoms with Crippen molar-refractivity contribution in [3.8, 4) is 0 Å². The van der Waals surface area contributed by atoms with E-state index in [4.69, 9.17) is 4.74 Å². The first-order chi connectivity index (χ1) is 14.0. The predicted octanol–water partition coefficient (Wildman–Crippen LogP) is 2.04. The van der Waals surface area contributed by atoms with Gasteiger partial charge in [-0.25, -0.2) is 4.39 Å². The number of halogens is 1. The van der Waals surface area contributed by atoms with Gasteiger partial charge in [-0.05, 0) is 38.0 Å². The Labute approximate surface area is 171 Å². The number of aromatic nitrogens is 2. The number of rotatable bonds is 4. The van der Waals surface area contributed by atoms with Gasteiger partial charge in [-0.3, -0.25) is 9.59 Å². The van der Waals surface area contributed by atoms with Crippen molar-refractivity contribution in [3.05, 3.63) is 47.0 Å². The van der Waals surface area contributed by atoms with Crippen molar-refractivity contribution >= 4 is 23.5 Å². The molecular formula is C20H21FN4O3S. The third-order valence-corrected chi connectivity index (χ3v) is 7.13. The minimum Gasteiger partial charge on any atom is -0.369 e. The molecule has 1 aromatic heterocycles. The second-order valence-corrected chi connectivity index (χ2v) is 8.66. The SMILES string of the molecule is Cc1nsnc1C(=O)NC[C@H]1[C@H]2CN(C(=O)c3cccc(F)c3)C[C@]23CC[C@H]1O3. The summed E-state index contributed by atoms with van der Waals surface area (Å²) in [6.45, 7) is 3.32. The lowest BCUT2D eigenvalue weighted by molar-refractivity contribution is 0.00317. The molecule has 0 unspecified atom stereocenters. The molecule has 3 saturated heterocycles. The highest BCUT2D eigenvalue weighted by Crippen LogP contribution is 2.54. The zero-order valence-corrected chi connectivity index (χ0v) is 16.7. The summed E-state index contributed by atoms with van der Waals surface area (Å²) in [5, 5.41) is 2.98. The number of nitrogens with zero attached hydrogens (tertiary/aromatic N) is 3. The Morgan fingerprint density at radius 2 is 2.28 bits per heavy atom. The van der Waals surface area contributed by atoms with Gasteiger partial charge in [0.15, 0.2) is 5.69 Å². The Kier molecular flexibility index (Phi) is 4.40. The minimum atomic E-state index is -0.419. The van der Waals surface area contributed by atoms with Crippen LogP contribution < -0.4 is 5.32 Å². The zero-order chi connectivity index (χ0) is 20.2. The summed E-state index contributed by atoms with van der Waals surface area (Å²) in [7, 11) is 0. The van der Waals surface area contributed by atoms with Crippen molar-refractivity contribution in [1.29, 1.82) is 0 Å². The van der Waals surface area contributed by atoms with E-state index in [-0.39, 0.29) is 35.4 Å². The summed E-state index contributed by atoms with van der Waals surface area (Å²) in [5.74, 6) is -0.511. The van der Waals surface area contributed by atoms with E-state index in [1.54, 1.807) is 24.0 Å². The van der Waals surface area contributed by atoms with E-state index >= 15 is 0 Å². The van der Waals surface area contributed by atoms with Crippen LogP contribution in [0.5, 0.6) is 0 Å². The van der Waals surface area contributed by atoms with Crippen LogP contribution in [0.25, 0.3) is 0 Å². The van der Waals surface area contributed by atoms with Crippen molar-refractivity contribution in [3.63, 3.8) is 0 Å². The van der Waals surface area contributed by atoms with Gasteiger partial charge in [0.2, 0.25) is 0 Å². The predicted molar refractivity (Wildman–Crippen MR) is 103 cm³/mol. The largest absolute Gasteiger partial charge is 0.369 e. The molecule has 5 rings (SSSR count). The molecule has 1 N–H and O–H groups in total. The molecule has 3 aliphatic heterocycles. The van der Waals surface area contributed by atoms with Crippen molar-refractivity contribution in [2.24, 2.45) is 11.8 Å². The number of carbonyl (C=O) groups excluding carboxylic acids is 2. The number of amides is 2. The summed E-state index contributed by atoms with van der Waals surface area (Å²) in [6, 6.07) is 5.79. The van der Waals surface area contributed by atoms with E-state index in [2.05, 4.69) is 14.1 Å². The van der Waals surface area contributed by atoms with Gasteiger partial charge < -0.3 is 15.0 Å². The maximum Gasteiger partial charge on any atom is 0.272 e. The highest BCUT2D eigenvalue weighted by atomic mass is 32.1. The first-order valence-corrected chi connectivity index (χ1v) is 10.5. The fourth-order valence-corrected chi connectivity index (χ4v) is 5.70.